The molecule has 68 valence electrons. The van der Waals surface area contributed by atoms with Crippen LogP contribution in [0, 0.1) is 0 Å². The second-order valence-corrected chi connectivity index (χ2v) is 2.74. The van der Waals surface area contributed by atoms with Crippen LogP contribution < -0.4 is 5.46 Å². The highest BCUT2D eigenvalue weighted by molar-refractivity contribution is 6.73. The molecule has 0 radical (unpaired) electrons. The van der Waals surface area contributed by atoms with Crippen LogP contribution in [0.5, 0.6) is 0 Å². The zero-order chi connectivity index (χ0) is 9.47. The Hall–Kier alpha value is -1.46. The molecule has 0 aliphatic heterocycles. The van der Waals surface area contributed by atoms with Crippen LogP contribution in [0.3, 0.4) is 0 Å². The monoisotopic (exact) mass is 185 g/mol. The van der Waals surface area contributed by atoms with Gasteiger partial charge in [-0.2, -0.15) is 5.10 Å². The Bertz CT molecular complexity index is 434. The molecule has 13 heavy (non-hydrogen) atoms. The molecule has 2 nitrogen and oxygen atoms in total. The fraction of sp³-hybridized carbons (Fsp3) is 0. The van der Waals surface area contributed by atoms with Crippen molar-refractivity contribution in [2.75, 3.05) is 0 Å². The first-order valence-electron chi connectivity index (χ1n) is 3.70. The molecule has 2 aromatic rings. The van der Waals surface area contributed by atoms with Crippen LogP contribution in [-0.2, 0) is 0 Å². The molecule has 2 heterocycles. The third-order valence-electron chi connectivity index (χ3n) is 1.80. The maximum absolute atomic E-state index is 12.3. The van der Waals surface area contributed by atoms with E-state index < -0.39 is 12.4 Å². The zero-order valence-corrected chi connectivity index (χ0v) is 6.49. The SMILES string of the molecule is F[B-](F)(F)c1ccn2nccc2c1. The molecule has 0 aliphatic rings. The summed E-state index contributed by atoms with van der Waals surface area (Å²) in [7, 11) is 0. The van der Waals surface area contributed by atoms with Crippen molar-refractivity contribution in [2.45, 2.75) is 0 Å². The van der Waals surface area contributed by atoms with Gasteiger partial charge in [0, 0.05) is 12.4 Å². The molecule has 0 saturated carbocycles. The largest absolute Gasteiger partial charge is 0.509 e. The van der Waals surface area contributed by atoms with Gasteiger partial charge in [0.15, 0.2) is 0 Å². The minimum absolute atomic E-state index is 0.455. The standard InChI is InChI=1S/C7H5BF3N2/c9-8(10,11)6-2-4-13-7(5-6)1-3-12-13/h1-5H/q-1. The van der Waals surface area contributed by atoms with Gasteiger partial charge in [0.2, 0.25) is 0 Å². The van der Waals surface area contributed by atoms with Crippen LogP contribution in [0.1, 0.15) is 0 Å². The fourth-order valence-electron chi connectivity index (χ4n) is 1.14. The minimum Gasteiger partial charge on any atom is -0.445 e. The summed E-state index contributed by atoms with van der Waals surface area (Å²) in [6.07, 6.45) is 2.77. The van der Waals surface area contributed by atoms with Gasteiger partial charge in [-0.05, 0) is 6.07 Å². The summed E-state index contributed by atoms with van der Waals surface area (Å²) in [4.78, 5) is 0. The molecule has 0 amide bonds. The van der Waals surface area contributed by atoms with Gasteiger partial charge in [0.1, 0.15) is 0 Å². The predicted molar refractivity (Wildman–Crippen MR) is 43.9 cm³/mol. The van der Waals surface area contributed by atoms with Gasteiger partial charge in [0.05, 0.1) is 5.52 Å². The van der Waals surface area contributed by atoms with E-state index in [9.17, 15) is 12.9 Å². The van der Waals surface area contributed by atoms with E-state index in [0.29, 0.717) is 5.52 Å². The topological polar surface area (TPSA) is 17.3 Å². The second kappa shape index (κ2) is 2.51. The summed E-state index contributed by atoms with van der Waals surface area (Å²) < 4.78 is 38.2. The highest BCUT2D eigenvalue weighted by atomic mass is 19.4. The normalized spacial score (nSPS) is 12.2. The van der Waals surface area contributed by atoms with Crippen molar-refractivity contribution in [3.8, 4) is 0 Å². The Morgan fingerprint density at radius 3 is 2.69 bits per heavy atom. The summed E-state index contributed by atoms with van der Waals surface area (Å²) in [5.41, 5.74) is -0.135. The molecule has 2 aromatic heterocycles. The average molecular weight is 185 g/mol. The van der Waals surface area contributed by atoms with E-state index in [-0.39, 0.29) is 0 Å². The van der Waals surface area contributed by atoms with E-state index in [2.05, 4.69) is 5.10 Å². The number of hydrogen-bond acceptors (Lipinski definition) is 1. The van der Waals surface area contributed by atoms with E-state index in [0.717, 1.165) is 12.1 Å². The van der Waals surface area contributed by atoms with Crippen molar-refractivity contribution >= 4 is 18.0 Å². The van der Waals surface area contributed by atoms with Crippen molar-refractivity contribution in [3.05, 3.63) is 30.6 Å². The summed E-state index contributed by atoms with van der Waals surface area (Å²) in [5.74, 6) is 0. The highest BCUT2D eigenvalue weighted by Crippen LogP contribution is 2.10. The molecule has 0 N–H and O–H groups in total. The van der Waals surface area contributed by atoms with Gasteiger partial charge in [-0.15, -0.1) is 5.46 Å². The second-order valence-electron chi connectivity index (χ2n) is 2.74. The lowest BCUT2D eigenvalue weighted by Crippen LogP contribution is -2.34. The molecule has 2 rings (SSSR count). The first-order chi connectivity index (χ1) is 6.07. The maximum Gasteiger partial charge on any atom is 0.509 e. The molecule has 0 unspecified atom stereocenters. The first kappa shape index (κ1) is 8.16. The van der Waals surface area contributed by atoms with Gasteiger partial charge < -0.3 is 12.9 Å². The lowest BCUT2D eigenvalue weighted by Gasteiger charge is -2.14. The Balaban J connectivity index is 2.61. The Kier molecular flexibility index (Phi) is 1.58. The van der Waals surface area contributed by atoms with Gasteiger partial charge in [0.25, 0.3) is 0 Å². The number of rotatable bonds is 1. The smallest absolute Gasteiger partial charge is 0.445 e. The molecule has 0 spiro atoms. The van der Waals surface area contributed by atoms with Crippen LogP contribution >= 0.6 is 0 Å². The Labute approximate surface area is 72.0 Å². The molecule has 0 aromatic carbocycles. The highest BCUT2D eigenvalue weighted by Gasteiger charge is 2.25. The van der Waals surface area contributed by atoms with E-state index in [4.69, 9.17) is 0 Å². The first-order valence-corrected chi connectivity index (χ1v) is 3.70. The van der Waals surface area contributed by atoms with Crippen molar-refractivity contribution < 1.29 is 12.9 Å². The van der Waals surface area contributed by atoms with E-state index in [1.54, 1.807) is 0 Å². The molecule has 0 atom stereocenters. The lowest BCUT2D eigenvalue weighted by molar-refractivity contribution is 0.501. The third-order valence-corrected chi connectivity index (χ3v) is 1.80. The molecular weight excluding hydrogens is 180 g/mol. The van der Waals surface area contributed by atoms with Gasteiger partial charge in [-0.3, -0.25) is 0 Å². The van der Waals surface area contributed by atoms with E-state index >= 15 is 0 Å². The van der Waals surface area contributed by atoms with Crippen molar-refractivity contribution in [2.24, 2.45) is 0 Å². The number of fused-ring (bicyclic) bond motifs is 1. The predicted octanol–water partition coefficient (Wildman–Crippen LogP) is 1.39. The molecular formula is C7H5BF3N2-. The third kappa shape index (κ3) is 1.39. The number of halogens is 3. The van der Waals surface area contributed by atoms with E-state index in [1.165, 1.54) is 23.0 Å². The molecule has 0 aliphatic carbocycles. The quantitative estimate of drug-likeness (QED) is 0.613. The number of aromatic nitrogens is 2. The van der Waals surface area contributed by atoms with Crippen LogP contribution in [-0.4, -0.2) is 16.6 Å². The number of hydrogen-bond donors (Lipinski definition) is 0. The summed E-state index contributed by atoms with van der Waals surface area (Å²) in [6.45, 7) is -4.91. The van der Waals surface area contributed by atoms with Crippen LogP contribution in [0.15, 0.2) is 30.6 Å². The minimum atomic E-state index is -4.91. The van der Waals surface area contributed by atoms with Crippen molar-refractivity contribution in [3.63, 3.8) is 0 Å². The molecule has 0 bridgehead atoms. The van der Waals surface area contributed by atoms with E-state index in [1.807, 2.05) is 0 Å². The van der Waals surface area contributed by atoms with Gasteiger partial charge in [-0.1, -0.05) is 12.1 Å². The van der Waals surface area contributed by atoms with Crippen molar-refractivity contribution in [1.29, 1.82) is 0 Å². The molecule has 0 saturated heterocycles. The molecule has 0 fully saturated rings. The lowest BCUT2D eigenvalue weighted by atomic mass is 9.81. The van der Waals surface area contributed by atoms with Crippen LogP contribution in [0.2, 0.25) is 0 Å². The van der Waals surface area contributed by atoms with Crippen LogP contribution in [0.4, 0.5) is 12.9 Å². The summed E-state index contributed by atoms with van der Waals surface area (Å²) >= 11 is 0. The summed E-state index contributed by atoms with van der Waals surface area (Å²) in [5, 5.41) is 3.80. The van der Waals surface area contributed by atoms with Gasteiger partial charge in [-0.25, -0.2) is 4.52 Å². The summed E-state index contributed by atoms with van der Waals surface area (Å²) in [6, 6.07) is 3.65. The zero-order valence-electron chi connectivity index (χ0n) is 6.49. The Morgan fingerprint density at radius 1 is 1.23 bits per heavy atom. The maximum atomic E-state index is 12.3. The fourth-order valence-corrected chi connectivity index (χ4v) is 1.14. The van der Waals surface area contributed by atoms with Gasteiger partial charge >= 0.3 is 6.98 Å². The average Bonchev–Trinajstić information content (AvgIpc) is 2.47. The number of nitrogens with zero attached hydrogens (tertiary/aromatic N) is 2. The Morgan fingerprint density at radius 2 is 2.00 bits per heavy atom. The molecule has 6 heteroatoms. The van der Waals surface area contributed by atoms with Crippen molar-refractivity contribution in [1.82, 2.24) is 9.61 Å². The van der Waals surface area contributed by atoms with Crippen LogP contribution in [0.25, 0.3) is 5.52 Å². The number of pyridine rings is 1.